The average Bonchev–Trinajstić information content (AvgIpc) is 3.39. The zero-order valence-corrected chi connectivity index (χ0v) is 20.4. The first-order valence-corrected chi connectivity index (χ1v) is 12.1. The summed E-state index contributed by atoms with van der Waals surface area (Å²) in [5.41, 5.74) is 1.19. The van der Waals surface area contributed by atoms with E-state index in [2.05, 4.69) is 0 Å². The highest BCUT2D eigenvalue weighted by Crippen LogP contribution is 2.58. The summed E-state index contributed by atoms with van der Waals surface area (Å²) in [6, 6.07) is 11.9. The van der Waals surface area contributed by atoms with Gasteiger partial charge in [-0.15, -0.1) is 0 Å². The van der Waals surface area contributed by atoms with Crippen molar-refractivity contribution < 1.29 is 38.2 Å². The molecule has 4 unspecified atom stereocenters. The summed E-state index contributed by atoms with van der Waals surface area (Å²) in [6.07, 6.45) is 3.58. The Kier molecular flexibility index (Phi) is 5.30. The van der Waals surface area contributed by atoms with Crippen LogP contribution in [0.4, 0.5) is 11.4 Å². The highest BCUT2D eigenvalue weighted by atomic mass is 16.5. The lowest BCUT2D eigenvalue weighted by atomic mass is 9.54. The van der Waals surface area contributed by atoms with Gasteiger partial charge in [0.25, 0.3) is 0 Å². The molecule has 38 heavy (non-hydrogen) atoms. The lowest BCUT2D eigenvalue weighted by molar-refractivity contribution is -0.137. The maximum absolute atomic E-state index is 13.6. The molecule has 2 aliphatic heterocycles. The van der Waals surface area contributed by atoms with Crippen LogP contribution in [0.2, 0.25) is 0 Å². The number of ether oxygens (including phenoxy) is 2. The summed E-state index contributed by atoms with van der Waals surface area (Å²) in [5.74, 6) is -7.07. The average molecular weight is 514 g/mol. The van der Waals surface area contributed by atoms with Crippen LogP contribution in [0.1, 0.15) is 20.7 Å². The van der Waals surface area contributed by atoms with Gasteiger partial charge < -0.3 is 9.47 Å². The minimum Gasteiger partial charge on any atom is -0.465 e. The number of esters is 2. The van der Waals surface area contributed by atoms with Gasteiger partial charge in [-0.1, -0.05) is 12.2 Å². The highest BCUT2D eigenvalue weighted by molar-refractivity contribution is 6.26. The number of allylic oxidation sites excluding steroid dienone is 2. The summed E-state index contributed by atoms with van der Waals surface area (Å²) < 4.78 is 9.40. The van der Waals surface area contributed by atoms with Crippen LogP contribution in [0.15, 0.2) is 60.7 Å². The molecule has 0 radical (unpaired) electrons. The van der Waals surface area contributed by atoms with Crippen molar-refractivity contribution >= 4 is 46.9 Å². The summed E-state index contributed by atoms with van der Waals surface area (Å²) in [4.78, 5) is 80.1. The van der Waals surface area contributed by atoms with Gasteiger partial charge in [-0.25, -0.2) is 9.59 Å². The summed E-state index contributed by atoms with van der Waals surface area (Å²) >= 11 is 0. The molecule has 10 heteroatoms. The Balaban J connectivity index is 1.31. The number of rotatable bonds is 4. The van der Waals surface area contributed by atoms with Crippen molar-refractivity contribution in [3.8, 4) is 0 Å². The highest BCUT2D eigenvalue weighted by Gasteiger charge is 2.68. The van der Waals surface area contributed by atoms with Gasteiger partial charge in [0, 0.05) is 11.8 Å². The standard InChI is InChI=1S/C28H22N2O8/c1-37-27(35)13-3-7-15(8-4-13)29-23(31)19-17-11-12-18(20(19)24(29)32)22-21(17)25(33)30(26(22)34)16-9-5-14(6-10-16)28(36)38-2/h3-12,17-22H,1-2H3. The fourth-order valence-electron chi connectivity index (χ4n) is 6.46. The Morgan fingerprint density at radius 3 is 1.11 bits per heavy atom. The minimum absolute atomic E-state index is 0.278. The summed E-state index contributed by atoms with van der Waals surface area (Å²) in [7, 11) is 2.52. The molecule has 10 nitrogen and oxygen atoms in total. The van der Waals surface area contributed by atoms with Crippen LogP contribution < -0.4 is 9.80 Å². The van der Waals surface area contributed by atoms with E-state index < -0.39 is 71.1 Å². The van der Waals surface area contributed by atoms with Gasteiger partial charge in [0.2, 0.25) is 23.6 Å². The van der Waals surface area contributed by atoms with E-state index >= 15 is 0 Å². The Bertz CT molecular complexity index is 1290. The van der Waals surface area contributed by atoms with E-state index in [1.165, 1.54) is 62.8 Å². The molecule has 2 bridgehead atoms. The molecular weight excluding hydrogens is 492 g/mol. The van der Waals surface area contributed by atoms with Crippen molar-refractivity contribution in [2.24, 2.45) is 35.5 Å². The molecule has 7 rings (SSSR count). The quantitative estimate of drug-likeness (QED) is 0.344. The first-order valence-electron chi connectivity index (χ1n) is 12.1. The number of amides is 4. The summed E-state index contributed by atoms with van der Waals surface area (Å²) in [6.45, 7) is 0. The van der Waals surface area contributed by atoms with Crippen molar-refractivity contribution in [3.05, 3.63) is 71.8 Å². The second-order valence-electron chi connectivity index (χ2n) is 9.74. The van der Waals surface area contributed by atoms with E-state index in [0.717, 1.165) is 9.80 Å². The van der Waals surface area contributed by atoms with Crippen LogP contribution in [0.5, 0.6) is 0 Å². The Morgan fingerprint density at radius 2 is 0.842 bits per heavy atom. The monoisotopic (exact) mass is 514 g/mol. The fraction of sp³-hybridized carbons (Fsp3) is 0.286. The fourth-order valence-corrected chi connectivity index (χ4v) is 6.46. The first kappa shape index (κ1) is 23.8. The van der Waals surface area contributed by atoms with Crippen molar-refractivity contribution in [2.45, 2.75) is 0 Å². The molecule has 0 spiro atoms. The van der Waals surface area contributed by atoms with E-state index in [4.69, 9.17) is 9.47 Å². The van der Waals surface area contributed by atoms with E-state index in [-0.39, 0.29) is 11.1 Å². The second kappa shape index (κ2) is 8.47. The molecular formula is C28H22N2O8. The summed E-state index contributed by atoms with van der Waals surface area (Å²) in [5, 5.41) is 0. The van der Waals surface area contributed by atoms with Gasteiger partial charge in [0.15, 0.2) is 0 Å². The largest absolute Gasteiger partial charge is 0.465 e. The number of carbonyl (C=O) groups is 6. The van der Waals surface area contributed by atoms with Crippen LogP contribution >= 0.6 is 0 Å². The molecule has 192 valence electrons. The van der Waals surface area contributed by atoms with Gasteiger partial charge in [-0.3, -0.25) is 29.0 Å². The lowest BCUT2D eigenvalue weighted by Crippen LogP contribution is -2.50. The number of imide groups is 2. The van der Waals surface area contributed by atoms with Gasteiger partial charge in [-0.05, 0) is 48.5 Å². The SMILES string of the molecule is COC(=O)c1ccc(N2C(=O)C3C4C=CC(C3C2=O)C2C(=O)N(c3ccc(C(=O)OC)cc3)C(=O)C42)cc1. The van der Waals surface area contributed by atoms with E-state index in [0.29, 0.717) is 11.4 Å². The molecule has 2 aromatic rings. The number of methoxy groups -OCH3 is 2. The third kappa shape index (κ3) is 3.12. The van der Waals surface area contributed by atoms with Crippen molar-refractivity contribution in [1.82, 2.24) is 0 Å². The van der Waals surface area contributed by atoms with Crippen LogP contribution in [0, 0.1) is 35.5 Å². The number of anilines is 2. The van der Waals surface area contributed by atoms with Crippen LogP contribution in [0.3, 0.4) is 0 Å². The minimum atomic E-state index is -0.766. The van der Waals surface area contributed by atoms with Crippen molar-refractivity contribution in [1.29, 1.82) is 0 Å². The molecule has 2 aromatic carbocycles. The lowest BCUT2D eigenvalue weighted by Gasteiger charge is -2.44. The number of nitrogens with zero attached hydrogens (tertiary/aromatic N) is 2. The Morgan fingerprint density at radius 1 is 0.553 bits per heavy atom. The predicted octanol–water partition coefficient (Wildman–Crippen LogP) is 1.99. The predicted molar refractivity (Wildman–Crippen MR) is 131 cm³/mol. The smallest absolute Gasteiger partial charge is 0.337 e. The number of carbonyl (C=O) groups excluding carboxylic acids is 6. The maximum Gasteiger partial charge on any atom is 0.337 e. The molecule has 1 saturated carbocycles. The molecule has 0 N–H and O–H groups in total. The molecule has 4 amide bonds. The molecule has 4 atom stereocenters. The number of hydrogen-bond donors (Lipinski definition) is 0. The van der Waals surface area contributed by atoms with E-state index in [9.17, 15) is 28.8 Å². The Hall–Kier alpha value is -4.60. The maximum atomic E-state index is 13.6. The topological polar surface area (TPSA) is 127 Å². The third-order valence-electron chi connectivity index (χ3n) is 8.10. The second-order valence-corrected chi connectivity index (χ2v) is 9.74. The normalized spacial score (nSPS) is 29.0. The zero-order valence-electron chi connectivity index (χ0n) is 20.4. The van der Waals surface area contributed by atoms with Crippen molar-refractivity contribution in [3.63, 3.8) is 0 Å². The van der Waals surface area contributed by atoms with Gasteiger partial charge in [0.1, 0.15) is 0 Å². The first-order chi connectivity index (χ1) is 18.3. The molecule has 5 aliphatic rings. The van der Waals surface area contributed by atoms with Gasteiger partial charge in [-0.2, -0.15) is 0 Å². The molecule has 3 aliphatic carbocycles. The van der Waals surface area contributed by atoms with E-state index in [1.807, 2.05) is 0 Å². The van der Waals surface area contributed by atoms with Crippen molar-refractivity contribution in [2.75, 3.05) is 24.0 Å². The van der Waals surface area contributed by atoms with Crippen LogP contribution in [-0.2, 0) is 28.7 Å². The Labute approximate surface area is 216 Å². The van der Waals surface area contributed by atoms with Gasteiger partial charge >= 0.3 is 11.9 Å². The molecule has 0 aromatic heterocycles. The van der Waals surface area contributed by atoms with Crippen LogP contribution in [-0.4, -0.2) is 49.8 Å². The van der Waals surface area contributed by atoms with E-state index in [1.54, 1.807) is 12.2 Å². The zero-order chi connectivity index (χ0) is 26.9. The number of benzene rings is 2. The van der Waals surface area contributed by atoms with Crippen LogP contribution in [0.25, 0.3) is 0 Å². The number of hydrogen-bond acceptors (Lipinski definition) is 8. The third-order valence-corrected chi connectivity index (χ3v) is 8.10. The van der Waals surface area contributed by atoms with Gasteiger partial charge in [0.05, 0.1) is 60.4 Å². The molecule has 2 saturated heterocycles. The molecule has 2 heterocycles. The molecule has 3 fully saturated rings.